The van der Waals surface area contributed by atoms with Gasteiger partial charge in [-0.3, -0.25) is 0 Å². The molecule has 0 saturated carbocycles. The normalized spacial score (nSPS) is 10.1. The van der Waals surface area contributed by atoms with E-state index in [9.17, 15) is 0 Å². The summed E-state index contributed by atoms with van der Waals surface area (Å²) in [5.41, 5.74) is 6.22. The summed E-state index contributed by atoms with van der Waals surface area (Å²) >= 11 is 7.77. The molecule has 0 saturated heterocycles. The van der Waals surface area contributed by atoms with Crippen molar-refractivity contribution in [1.82, 2.24) is 0 Å². The van der Waals surface area contributed by atoms with Crippen LogP contribution in [0.3, 0.4) is 0 Å². The Bertz CT molecular complexity index is 293. The molecular formula is C10H14ClNOS. The Kier molecular flexibility index (Phi) is 4.98. The minimum absolute atomic E-state index is 0.575. The molecule has 2 N–H and O–H groups in total. The number of nitrogen functional groups attached to an aromatic ring is 1. The Morgan fingerprint density at radius 3 is 2.93 bits per heavy atom. The van der Waals surface area contributed by atoms with E-state index >= 15 is 0 Å². The summed E-state index contributed by atoms with van der Waals surface area (Å²) in [5, 5.41) is 0.575. The van der Waals surface area contributed by atoms with E-state index in [0.29, 0.717) is 23.1 Å². The van der Waals surface area contributed by atoms with Gasteiger partial charge < -0.3 is 10.5 Å². The fourth-order valence-electron chi connectivity index (χ4n) is 0.989. The number of halogens is 1. The van der Waals surface area contributed by atoms with Crippen LogP contribution in [0.15, 0.2) is 18.2 Å². The van der Waals surface area contributed by atoms with E-state index in [1.807, 2.05) is 11.8 Å². The average molecular weight is 232 g/mol. The van der Waals surface area contributed by atoms with Crippen LogP contribution in [-0.4, -0.2) is 18.1 Å². The monoisotopic (exact) mass is 231 g/mol. The van der Waals surface area contributed by atoms with Crippen molar-refractivity contribution in [3.63, 3.8) is 0 Å². The first kappa shape index (κ1) is 11.5. The highest BCUT2D eigenvalue weighted by Crippen LogP contribution is 2.26. The molecular weight excluding hydrogens is 218 g/mol. The minimum Gasteiger partial charge on any atom is -0.491 e. The van der Waals surface area contributed by atoms with Crippen molar-refractivity contribution in [2.45, 2.75) is 6.92 Å². The predicted octanol–water partition coefficient (Wildman–Crippen LogP) is 3.05. The van der Waals surface area contributed by atoms with Gasteiger partial charge in [-0.15, -0.1) is 0 Å². The lowest BCUT2D eigenvalue weighted by Gasteiger charge is -2.07. The lowest BCUT2D eigenvalue weighted by atomic mass is 10.3. The number of thioether (sulfide) groups is 1. The Hall–Kier alpha value is -0.540. The van der Waals surface area contributed by atoms with Crippen molar-refractivity contribution in [2.24, 2.45) is 0 Å². The van der Waals surface area contributed by atoms with Crippen LogP contribution in [0.2, 0.25) is 5.02 Å². The Balaban J connectivity index is 2.42. The number of nitrogens with two attached hydrogens (primary N) is 1. The quantitative estimate of drug-likeness (QED) is 0.625. The highest BCUT2D eigenvalue weighted by Gasteiger charge is 2.00. The molecule has 0 aliphatic rings. The molecule has 0 aliphatic carbocycles. The maximum atomic E-state index is 5.93. The number of hydrogen-bond donors (Lipinski definition) is 1. The van der Waals surface area contributed by atoms with Crippen molar-refractivity contribution in [1.29, 1.82) is 0 Å². The molecule has 1 aromatic carbocycles. The smallest absolute Gasteiger partial charge is 0.138 e. The summed E-state index contributed by atoms with van der Waals surface area (Å²) in [5.74, 6) is 2.80. The summed E-state index contributed by atoms with van der Waals surface area (Å²) in [4.78, 5) is 0. The van der Waals surface area contributed by atoms with Gasteiger partial charge in [0, 0.05) is 11.4 Å². The van der Waals surface area contributed by atoms with Crippen molar-refractivity contribution >= 4 is 29.1 Å². The van der Waals surface area contributed by atoms with Crippen LogP contribution in [0.5, 0.6) is 5.75 Å². The first-order valence-corrected chi connectivity index (χ1v) is 6.03. The fourth-order valence-corrected chi connectivity index (χ4v) is 1.72. The van der Waals surface area contributed by atoms with E-state index in [0.717, 1.165) is 11.5 Å². The summed E-state index contributed by atoms with van der Waals surface area (Å²) in [6, 6.07) is 5.28. The third-order valence-electron chi connectivity index (χ3n) is 1.65. The number of ether oxygens (including phenoxy) is 1. The number of anilines is 1. The Labute approximate surface area is 93.8 Å². The van der Waals surface area contributed by atoms with Gasteiger partial charge in [-0.25, -0.2) is 0 Å². The molecule has 0 bridgehead atoms. The van der Waals surface area contributed by atoms with Gasteiger partial charge in [0.2, 0.25) is 0 Å². The van der Waals surface area contributed by atoms with Gasteiger partial charge in [0.1, 0.15) is 5.75 Å². The summed E-state index contributed by atoms with van der Waals surface area (Å²) in [6.45, 7) is 2.81. The zero-order valence-electron chi connectivity index (χ0n) is 8.13. The molecule has 0 spiro atoms. The molecule has 0 unspecified atom stereocenters. The molecule has 0 aromatic heterocycles. The first-order valence-electron chi connectivity index (χ1n) is 4.49. The Morgan fingerprint density at radius 1 is 1.50 bits per heavy atom. The van der Waals surface area contributed by atoms with Crippen molar-refractivity contribution in [2.75, 3.05) is 23.8 Å². The molecule has 1 rings (SSSR count). The summed E-state index contributed by atoms with van der Waals surface area (Å²) < 4.78 is 5.49. The molecule has 1 aromatic rings. The predicted molar refractivity (Wildman–Crippen MR) is 64.4 cm³/mol. The molecule has 14 heavy (non-hydrogen) atoms. The van der Waals surface area contributed by atoms with Crippen LogP contribution in [0.25, 0.3) is 0 Å². The van der Waals surface area contributed by atoms with E-state index in [2.05, 4.69) is 6.92 Å². The minimum atomic E-state index is 0.575. The van der Waals surface area contributed by atoms with Gasteiger partial charge in [0.05, 0.1) is 11.6 Å². The zero-order valence-corrected chi connectivity index (χ0v) is 9.70. The van der Waals surface area contributed by atoms with Crippen LogP contribution in [0.1, 0.15) is 6.92 Å². The largest absolute Gasteiger partial charge is 0.491 e. The molecule has 0 atom stereocenters. The van der Waals surface area contributed by atoms with E-state index < -0.39 is 0 Å². The van der Waals surface area contributed by atoms with E-state index in [-0.39, 0.29) is 0 Å². The number of benzene rings is 1. The highest BCUT2D eigenvalue weighted by atomic mass is 35.5. The van der Waals surface area contributed by atoms with E-state index in [1.165, 1.54) is 0 Å². The lowest BCUT2D eigenvalue weighted by molar-refractivity contribution is 0.344. The summed E-state index contributed by atoms with van der Waals surface area (Å²) in [7, 11) is 0. The van der Waals surface area contributed by atoms with Gasteiger partial charge in [-0.1, -0.05) is 18.5 Å². The standard InChI is InChI=1S/C10H14ClNOS/c1-2-14-6-5-13-10-4-3-8(12)7-9(10)11/h3-4,7H,2,5-6,12H2,1H3. The zero-order chi connectivity index (χ0) is 10.4. The number of hydrogen-bond acceptors (Lipinski definition) is 3. The summed E-state index contributed by atoms with van der Waals surface area (Å²) in [6.07, 6.45) is 0. The van der Waals surface area contributed by atoms with Crippen LogP contribution < -0.4 is 10.5 Å². The third kappa shape index (κ3) is 3.68. The van der Waals surface area contributed by atoms with Crippen molar-refractivity contribution in [3.8, 4) is 5.75 Å². The molecule has 4 heteroatoms. The van der Waals surface area contributed by atoms with Crippen LogP contribution in [-0.2, 0) is 0 Å². The Morgan fingerprint density at radius 2 is 2.29 bits per heavy atom. The highest BCUT2D eigenvalue weighted by molar-refractivity contribution is 7.99. The first-order chi connectivity index (χ1) is 6.74. The van der Waals surface area contributed by atoms with E-state index in [1.54, 1.807) is 18.2 Å². The maximum Gasteiger partial charge on any atom is 0.138 e. The molecule has 78 valence electrons. The average Bonchev–Trinajstić information content (AvgIpc) is 2.15. The molecule has 0 heterocycles. The molecule has 0 amide bonds. The fraction of sp³-hybridized carbons (Fsp3) is 0.400. The second-order valence-corrected chi connectivity index (χ2v) is 4.54. The molecule has 2 nitrogen and oxygen atoms in total. The SMILES string of the molecule is CCSCCOc1ccc(N)cc1Cl. The second-order valence-electron chi connectivity index (χ2n) is 2.74. The van der Waals surface area contributed by atoms with Gasteiger partial charge in [-0.05, 0) is 24.0 Å². The van der Waals surface area contributed by atoms with Crippen LogP contribution in [0.4, 0.5) is 5.69 Å². The molecule has 0 radical (unpaired) electrons. The van der Waals surface area contributed by atoms with Crippen molar-refractivity contribution < 1.29 is 4.74 Å². The third-order valence-corrected chi connectivity index (χ3v) is 2.80. The second kappa shape index (κ2) is 6.04. The van der Waals surface area contributed by atoms with E-state index in [4.69, 9.17) is 22.1 Å². The molecule has 0 fully saturated rings. The van der Waals surface area contributed by atoms with Gasteiger partial charge in [-0.2, -0.15) is 11.8 Å². The van der Waals surface area contributed by atoms with Crippen molar-refractivity contribution in [3.05, 3.63) is 23.2 Å². The van der Waals surface area contributed by atoms with Gasteiger partial charge >= 0.3 is 0 Å². The molecule has 0 aliphatic heterocycles. The number of rotatable bonds is 5. The van der Waals surface area contributed by atoms with Gasteiger partial charge in [0.15, 0.2) is 0 Å². The van der Waals surface area contributed by atoms with Crippen LogP contribution in [0, 0.1) is 0 Å². The maximum absolute atomic E-state index is 5.93. The topological polar surface area (TPSA) is 35.2 Å². The lowest BCUT2D eigenvalue weighted by Crippen LogP contribution is -2.01. The van der Waals surface area contributed by atoms with Crippen LogP contribution >= 0.6 is 23.4 Å². The van der Waals surface area contributed by atoms with Gasteiger partial charge in [0.25, 0.3) is 0 Å².